The van der Waals surface area contributed by atoms with E-state index in [9.17, 15) is 26.4 Å². The first-order valence-corrected chi connectivity index (χ1v) is 12.8. The van der Waals surface area contributed by atoms with E-state index < -0.39 is 27.8 Å². The van der Waals surface area contributed by atoms with Gasteiger partial charge in [0.15, 0.2) is 5.78 Å². The van der Waals surface area contributed by atoms with E-state index in [2.05, 4.69) is 4.98 Å². The standard InChI is InChI=1S/C23H21F3N2O4S2/c24-23(25,26)17-7-9-18(10-8-17)32-19-4-1-3-16(15-19)6-11-21(29)20-5-2-13-28(20)34(30,31)22-27-12-14-33-22/h1,3-4,7-10,12,14-15,20H,2,5-6,11,13H2/t20-/m0/s1. The second kappa shape index (κ2) is 9.85. The number of sulfonamides is 1. The van der Waals surface area contributed by atoms with Crippen LogP contribution in [0.4, 0.5) is 13.2 Å². The van der Waals surface area contributed by atoms with Crippen LogP contribution in [0.25, 0.3) is 0 Å². The van der Waals surface area contributed by atoms with Crippen molar-refractivity contribution in [3.05, 3.63) is 71.2 Å². The lowest BCUT2D eigenvalue weighted by atomic mass is 10.0. The summed E-state index contributed by atoms with van der Waals surface area (Å²) in [5.74, 6) is 0.528. The van der Waals surface area contributed by atoms with Gasteiger partial charge >= 0.3 is 6.18 Å². The van der Waals surface area contributed by atoms with E-state index in [4.69, 9.17) is 4.74 Å². The second-order valence-electron chi connectivity index (χ2n) is 7.81. The van der Waals surface area contributed by atoms with Crippen LogP contribution in [0.1, 0.15) is 30.4 Å². The molecule has 11 heteroatoms. The fraction of sp³-hybridized carbons (Fsp3) is 0.304. The van der Waals surface area contributed by atoms with E-state index in [1.807, 2.05) is 6.07 Å². The summed E-state index contributed by atoms with van der Waals surface area (Å²) in [5.41, 5.74) is 0.0371. The number of carbonyl (C=O) groups excluding carboxylic acids is 1. The van der Waals surface area contributed by atoms with Crippen LogP contribution < -0.4 is 4.74 Å². The topological polar surface area (TPSA) is 76.6 Å². The summed E-state index contributed by atoms with van der Waals surface area (Å²) < 4.78 is 70.7. The van der Waals surface area contributed by atoms with Crippen LogP contribution in [-0.2, 0) is 27.4 Å². The summed E-state index contributed by atoms with van der Waals surface area (Å²) in [6.45, 7) is 0.286. The quantitative estimate of drug-likeness (QED) is 0.411. The Morgan fingerprint density at radius 3 is 2.59 bits per heavy atom. The Bertz CT molecular complexity index is 1240. The number of Topliss-reactive ketones (excluding diaryl/α,β-unsaturated/α-hetero) is 1. The zero-order valence-corrected chi connectivity index (χ0v) is 19.5. The Morgan fingerprint density at radius 1 is 1.15 bits per heavy atom. The van der Waals surface area contributed by atoms with Crippen molar-refractivity contribution in [2.75, 3.05) is 6.54 Å². The normalized spacial score (nSPS) is 17.1. The highest BCUT2D eigenvalue weighted by atomic mass is 32.2. The summed E-state index contributed by atoms with van der Waals surface area (Å²) in [7, 11) is -3.80. The van der Waals surface area contributed by atoms with Crippen LogP contribution in [0.5, 0.6) is 11.5 Å². The Labute approximate surface area is 199 Å². The summed E-state index contributed by atoms with van der Waals surface area (Å²) in [6.07, 6.45) is -1.38. The molecule has 34 heavy (non-hydrogen) atoms. The number of ketones is 1. The Morgan fingerprint density at radius 2 is 1.91 bits per heavy atom. The molecule has 1 aliphatic rings. The van der Waals surface area contributed by atoms with Gasteiger partial charge in [-0.1, -0.05) is 12.1 Å². The molecule has 0 aliphatic carbocycles. The van der Waals surface area contributed by atoms with Crippen molar-refractivity contribution in [1.82, 2.24) is 9.29 Å². The van der Waals surface area contributed by atoms with E-state index >= 15 is 0 Å². The van der Waals surface area contributed by atoms with Crippen molar-refractivity contribution in [2.45, 2.75) is 42.2 Å². The summed E-state index contributed by atoms with van der Waals surface area (Å²) in [4.78, 5) is 16.8. The molecule has 1 aromatic heterocycles. The number of nitrogens with zero attached hydrogens (tertiary/aromatic N) is 2. The van der Waals surface area contributed by atoms with Gasteiger partial charge in [-0.05, 0) is 61.2 Å². The molecule has 0 unspecified atom stereocenters. The van der Waals surface area contributed by atoms with Gasteiger partial charge in [-0.15, -0.1) is 11.3 Å². The fourth-order valence-corrected chi connectivity index (χ4v) is 6.46. The molecule has 180 valence electrons. The SMILES string of the molecule is O=C(CCc1cccc(Oc2ccc(C(F)(F)F)cc2)c1)[C@@H]1CCCN1S(=O)(=O)c1nccs1. The predicted octanol–water partition coefficient (Wildman–Crippen LogP) is 5.31. The van der Waals surface area contributed by atoms with E-state index in [1.54, 1.807) is 23.6 Å². The largest absolute Gasteiger partial charge is 0.457 e. The van der Waals surface area contributed by atoms with Crippen LogP contribution in [0.15, 0.2) is 64.4 Å². The number of thiazole rings is 1. The van der Waals surface area contributed by atoms with Gasteiger partial charge in [-0.3, -0.25) is 4.79 Å². The maximum Gasteiger partial charge on any atom is 0.416 e. The maximum atomic E-state index is 12.9. The zero-order valence-electron chi connectivity index (χ0n) is 17.9. The number of aromatic nitrogens is 1. The van der Waals surface area contributed by atoms with E-state index in [-0.39, 0.29) is 28.8 Å². The first-order valence-electron chi connectivity index (χ1n) is 10.5. The van der Waals surface area contributed by atoms with Crippen molar-refractivity contribution in [3.8, 4) is 11.5 Å². The first kappa shape index (κ1) is 24.4. The predicted molar refractivity (Wildman–Crippen MR) is 120 cm³/mol. The molecule has 2 heterocycles. The average molecular weight is 511 g/mol. The first-order chi connectivity index (χ1) is 16.1. The number of ether oxygens (including phenoxy) is 1. The molecule has 4 rings (SSSR count). The van der Waals surface area contributed by atoms with Gasteiger partial charge in [-0.25, -0.2) is 13.4 Å². The summed E-state index contributed by atoms with van der Waals surface area (Å²) in [5, 5.41) is 1.58. The van der Waals surface area contributed by atoms with Gasteiger partial charge in [0.25, 0.3) is 10.0 Å². The van der Waals surface area contributed by atoms with Crippen molar-refractivity contribution in [3.63, 3.8) is 0 Å². The number of hydrogen-bond acceptors (Lipinski definition) is 6. The molecule has 1 fully saturated rings. The Hall–Kier alpha value is -2.76. The molecular weight excluding hydrogens is 489 g/mol. The minimum absolute atomic E-state index is 0.0136. The van der Waals surface area contributed by atoms with E-state index in [1.165, 1.54) is 22.6 Å². The number of carbonyl (C=O) groups is 1. The van der Waals surface area contributed by atoms with Crippen LogP contribution in [0.2, 0.25) is 0 Å². The molecular formula is C23H21F3N2O4S2. The molecule has 0 spiro atoms. The molecule has 3 aromatic rings. The average Bonchev–Trinajstić information content (AvgIpc) is 3.50. The van der Waals surface area contributed by atoms with E-state index in [0.717, 1.165) is 29.0 Å². The highest BCUT2D eigenvalue weighted by molar-refractivity contribution is 7.91. The number of rotatable bonds is 8. The minimum atomic E-state index is -4.42. The highest BCUT2D eigenvalue weighted by Gasteiger charge is 2.40. The molecule has 0 saturated carbocycles. The number of alkyl halides is 3. The van der Waals surface area contributed by atoms with E-state index in [0.29, 0.717) is 25.0 Å². The van der Waals surface area contributed by atoms with Gasteiger partial charge in [-0.2, -0.15) is 17.5 Å². The third-order valence-corrected chi connectivity index (χ3v) is 8.58. The van der Waals surface area contributed by atoms with Crippen molar-refractivity contribution in [1.29, 1.82) is 0 Å². The smallest absolute Gasteiger partial charge is 0.416 e. The lowest BCUT2D eigenvalue weighted by Crippen LogP contribution is -2.40. The van der Waals surface area contributed by atoms with Crippen molar-refractivity contribution >= 4 is 27.1 Å². The van der Waals surface area contributed by atoms with Crippen LogP contribution in [-0.4, -0.2) is 36.1 Å². The molecule has 0 amide bonds. The molecule has 0 radical (unpaired) electrons. The highest BCUT2D eigenvalue weighted by Crippen LogP contribution is 2.32. The van der Waals surface area contributed by atoms with Crippen LogP contribution in [0, 0.1) is 0 Å². The number of benzene rings is 2. The Kier molecular flexibility index (Phi) is 7.06. The minimum Gasteiger partial charge on any atom is -0.457 e. The lowest BCUT2D eigenvalue weighted by Gasteiger charge is -2.21. The van der Waals surface area contributed by atoms with Gasteiger partial charge in [0.05, 0.1) is 11.6 Å². The molecule has 1 saturated heterocycles. The third-order valence-electron chi connectivity index (χ3n) is 5.49. The molecule has 0 bridgehead atoms. The maximum absolute atomic E-state index is 12.9. The second-order valence-corrected chi connectivity index (χ2v) is 10.8. The summed E-state index contributed by atoms with van der Waals surface area (Å²) in [6, 6.07) is 10.6. The zero-order chi connectivity index (χ0) is 24.3. The number of aryl methyl sites for hydroxylation is 1. The van der Waals surface area contributed by atoms with Crippen LogP contribution >= 0.6 is 11.3 Å². The van der Waals surface area contributed by atoms with Crippen LogP contribution in [0.3, 0.4) is 0 Å². The van der Waals surface area contributed by atoms with Gasteiger partial charge in [0.1, 0.15) is 11.5 Å². The monoisotopic (exact) mass is 510 g/mol. The number of hydrogen-bond donors (Lipinski definition) is 0. The fourth-order valence-electron chi connectivity index (χ4n) is 3.83. The van der Waals surface area contributed by atoms with Gasteiger partial charge in [0.2, 0.25) is 4.34 Å². The number of halogens is 3. The molecule has 6 nitrogen and oxygen atoms in total. The molecule has 1 aliphatic heterocycles. The Balaban J connectivity index is 1.38. The van der Waals surface area contributed by atoms with Gasteiger partial charge < -0.3 is 4.74 Å². The van der Waals surface area contributed by atoms with Gasteiger partial charge in [0, 0.05) is 24.5 Å². The third kappa shape index (κ3) is 5.48. The van der Waals surface area contributed by atoms with Crippen molar-refractivity contribution < 1.29 is 31.1 Å². The van der Waals surface area contributed by atoms with Crippen molar-refractivity contribution in [2.24, 2.45) is 0 Å². The summed E-state index contributed by atoms with van der Waals surface area (Å²) >= 11 is 1.02. The lowest BCUT2D eigenvalue weighted by molar-refractivity contribution is -0.137. The molecule has 0 N–H and O–H groups in total. The molecule has 1 atom stereocenters. The molecule has 2 aromatic carbocycles.